The van der Waals surface area contributed by atoms with E-state index in [1.165, 1.54) is 80.8 Å². The van der Waals surface area contributed by atoms with Gasteiger partial charge in [-0.2, -0.15) is 0 Å². The van der Waals surface area contributed by atoms with Gasteiger partial charge in [0.25, 0.3) is 0 Å². The summed E-state index contributed by atoms with van der Waals surface area (Å²) in [6.45, 7) is 0. The topological polar surface area (TPSA) is 312 Å². The number of carbonyl (C=O) groups is 8. The maximum atomic E-state index is 11.0. The third-order valence-electron chi connectivity index (χ3n) is 6.96. The maximum Gasteiger partial charge on any atom is 0.412 e. The van der Waals surface area contributed by atoms with Crippen LogP contribution in [0.4, 0.5) is 66.8 Å². The predicted molar refractivity (Wildman–Crippen MR) is 269 cm³/mol. The van der Waals surface area contributed by atoms with E-state index < -0.39 is 36.6 Å². The van der Waals surface area contributed by atoms with Crippen LogP contribution in [-0.2, 0) is 14.2 Å². The Morgan fingerprint density at radius 1 is 0.290 bits per heavy atom. The van der Waals surface area contributed by atoms with Crippen LogP contribution < -0.4 is 67.4 Å². The van der Waals surface area contributed by atoms with Gasteiger partial charge in [0, 0.05) is 63.7 Å². The van der Waals surface area contributed by atoms with Crippen LogP contribution in [-0.4, -0.2) is 105 Å². The molecule has 69 heavy (non-hydrogen) atoms. The van der Waals surface area contributed by atoms with Crippen molar-refractivity contribution < 1.29 is 66.8 Å². The lowest BCUT2D eigenvalue weighted by molar-refractivity contribution is 0.186. The highest BCUT2D eigenvalue weighted by Gasteiger charge is 2.06. The molecule has 0 bridgehead atoms. The number of nitrogens with one attached hydrogen (secondary N) is 10. The molecule has 0 saturated carbocycles. The van der Waals surface area contributed by atoms with Gasteiger partial charge in [-0.1, -0.05) is 37.1 Å². The van der Waals surface area contributed by atoms with Crippen molar-refractivity contribution in [2.75, 3.05) is 83.2 Å². The molecule has 0 unspecified atom stereocenters. The fourth-order valence-corrected chi connectivity index (χ4v) is 3.82. The number of amides is 10. The highest BCUT2D eigenvalue weighted by atomic mass is 16.6. The fraction of sp³-hybridized carbons (Fsp3) is 0.289. The average Bonchev–Trinajstić information content (AvgIpc) is 3.31. The van der Waals surface area contributed by atoms with E-state index in [2.05, 4.69) is 67.4 Å². The Morgan fingerprint density at radius 3 is 0.667 bits per heavy atom. The molecule has 0 aliphatic carbocycles. The van der Waals surface area contributed by atoms with Crippen LogP contribution in [0.15, 0.2) is 97.1 Å². The SMILES string of the molecule is C.C.C.C.C.CNC(=O)Nc1ccc(NC(=O)NC)cc1.CNC(=O)Oc1ccc(NC(=O)OC)cc1.CNC(=O)Oc1ccc(OC(=O)NC)cc1.COC(=O)Nc1ccc(NC(=O)OC)cc1. The van der Waals surface area contributed by atoms with Gasteiger partial charge in [0.15, 0.2) is 0 Å². The van der Waals surface area contributed by atoms with Gasteiger partial charge in [-0.3, -0.25) is 16.0 Å². The number of benzene rings is 4. The third kappa shape index (κ3) is 30.7. The van der Waals surface area contributed by atoms with Crippen molar-refractivity contribution >= 4 is 77.1 Å². The Morgan fingerprint density at radius 2 is 0.478 bits per heavy atom. The summed E-state index contributed by atoms with van der Waals surface area (Å²) in [7, 11) is 11.3. The lowest BCUT2D eigenvalue weighted by Gasteiger charge is -2.06. The van der Waals surface area contributed by atoms with Crippen LogP contribution in [0.5, 0.6) is 17.2 Å². The summed E-state index contributed by atoms with van der Waals surface area (Å²) in [5.74, 6) is 1.11. The number of rotatable bonds is 8. The van der Waals surface area contributed by atoms with Crippen LogP contribution in [0.1, 0.15) is 37.1 Å². The molecule has 10 N–H and O–H groups in total. The first-order valence-corrected chi connectivity index (χ1v) is 18.2. The third-order valence-corrected chi connectivity index (χ3v) is 6.96. The number of hydrogen-bond donors (Lipinski definition) is 10. The highest BCUT2D eigenvalue weighted by molar-refractivity contribution is 5.91. The molecule has 0 aromatic heterocycles. The largest absolute Gasteiger partial charge is 0.453 e. The number of carbonyl (C=O) groups excluding carboxylic acids is 8. The highest BCUT2D eigenvalue weighted by Crippen LogP contribution is 2.19. The maximum absolute atomic E-state index is 11.0. The van der Waals surface area contributed by atoms with E-state index in [0.29, 0.717) is 45.7 Å². The molecule has 0 saturated heterocycles. The van der Waals surface area contributed by atoms with E-state index in [1.54, 1.807) is 72.8 Å². The zero-order valence-corrected chi connectivity index (χ0v) is 36.0. The van der Waals surface area contributed by atoms with Gasteiger partial charge in [-0.05, 0) is 97.1 Å². The van der Waals surface area contributed by atoms with Gasteiger partial charge >= 0.3 is 48.6 Å². The van der Waals surface area contributed by atoms with Crippen molar-refractivity contribution in [3.8, 4) is 17.2 Å². The number of urea groups is 2. The summed E-state index contributed by atoms with van der Waals surface area (Å²) in [5, 5.41) is 24.5. The standard InChI is InChI=1S/C10H14N4O2.3C10H12N2O4.5CH4/c1-11-9(15)13-7-3-5-8(6-4-7)14-10(16)12-2;1-15-9(13)11-7-3-5-8(6-4-7)12-10(14)16-2;1-11-9(13)16-8-5-3-7(4-6-8)12-10(14)15-2;1-11-9(13)15-7-3-5-8(6-4-7)16-10(14)12-2;;;;;/h3-6H,1-2H3,(H2,11,13,15)(H2,12,14,16);3*3-6H,1-2H3,(H,11,13)(H,12,14);5*1H4. The van der Waals surface area contributed by atoms with Crippen molar-refractivity contribution in [2.45, 2.75) is 37.1 Å². The van der Waals surface area contributed by atoms with E-state index in [0.717, 1.165) is 0 Å². The van der Waals surface area contributed by atoms with Gasteiger partial charge in [0.05, 0.1) is 21.3 Å². The number of methoxy groups -OCH3 is 3. The zero-order chi connectivity index (χ0) is 47.9. The van der Waals surface area contributed by atoms with Gasteiger partial charge in [-0.15, -0.1) is 0 Å². The van der Waals surface area contributed by atoms with E-state index >= 15 is 0 Å². The second kappa shape index (κ2) is 39.4. The molecule has 24 heteroatoms. The van der Waals surface area contributed by atoms with Gasteiger partial charge in [-0.25, -0.2) is 38.4 Å². The van der Waals surface area contributed by atoms with Crippen LogP contribution in [0.3, 0.4) is 0 Å². The molecule has 0 atom stereocenters. The molecule has 4 aromatic rings. The molecular formula is C45H70N10O14. The Hall–Kier alpha value is -8.96. The number of anilines is 5. The molecular weight excluding hydrogens is 905 g/mol. The monoisotopic (exact) mass is 975 g/mol. The molecule has 0 spiro atoms. The molecule has 0 fully saturated rings. The first-order valence-electron chi connectivity index (χ1n) is 18.2. The molecule has 0 heterocycles. The molecule has 24 nitrogen and oxygen atoms in total. The van der Waals surface area contributed by atoms with Crippen LogP contribution in [0, 0.1) is 0 Å². The van der Waals surface area contributed by atoms with Gasteiger partial charge < -0.3 is 65.6 Å². The lowest BCUT2D eigenvalue weighted by atomic mass is 10.3. The Balaban J connectivity index is -0.000000258. The predicted octanol–water partition coefficient (Wildman–Crippen LogP) is 9.12. The van der Waals surface area contributed by atoms with Crippen molar-refractivity contribution in [1.82, 2.24) is 26.6 Å². The summed E-state index contributed by atoms with van der Waals surface area (Å²) in [6, 6.07) is 25.1. The summed E-state index contributed by atoms with van der Waals surface area (Å²) in [5.41, 5.74) is 3.00. The fourth-order valence-electron chi connectivity index (χ4n) is 3.82. The van der Waals surface area contributed by atoms with Gasteiger partial charge in [0.2, 0.25) is 0 Å². The first-order chi connectivity index (χ1) is 30.6. The van der Waals surface area contributed by atoms with Gasteiger partial charge in [0.1, 0.15) is 17.2 Å². The minimum absolute atomic E-state index is 0. The van der Waals surface area contributed by atoms with Crippen LogP contribution in [0.25, 0.3) is 0 Å². The summed E-state index contributed by atoms with van der Waals surface area (Å²) in [4.78, 5) is 87.2. The average molecular weight is 975 g/mol. The second-order valence-corrected chi connectivity index (χ2v) is 11.3. The summed E-state index contributed by atoms with van der Waals surface area (Å²) in [6.07, 6.45) is -3.31. The van der Waals surface area contributed by atoms with Crippen molar-refractivity contribution in [3.63, 3.8) is 0 Å². The molecule has 10 amide bonds. The zero-order valence-electron chi connectivity index (χ0n) is 36.0. The molecule has 384 valence electrons. The smallest absolute Gasteiger partial charge is 0.412 e. The van der Waals surface area contributed by atoms with Crippen LogP contribution >= 0.6 is 0 Å². The number of hydrogen-bond acceptors (Lipinski definition) is 14. The van der Waals surface area contributed by atoms with E-state index in [-0.39, 0.29) is 49.2 Å². The lowest BCUT2D eigenvalue weighted by Crippen LogP contribution is -2.25. The number of ether oxygens (including phenoxy) is 6. The van der Waals surface area contributed by atoms with Crippen molar-refractivity contribution in [3.05, 3.63) is 97.1 Å². The quantitative estimate of drug-likeness (QED) is 0.0737. The normalized spacial score (nSPS) is 8.46. The van der Waals surface area contributed by atoms with Crippen molar-refractivity contribution in [1.29, 1.82) is 0 Å². The first kappa shape index (κ1) is 69.1. The van der Waals surface area contributed by atoms with E-state index in [1.807, 2.05) is 0 Å². The summed E-state index contributed by atoms with van der Waals surface area (Å²) >= 11 is 0. The van der Waals surface area contributed by atoms with Crippen LogP contribution in [0.2, 0.25) is 0 Å². The second-order valence-electron chi connectivity index (χ2n) is 11.3. The minimum Gasteiger partial charge on any atom is -0.453 e. The Labute approximate surface area is 404 Å². The molecule has 0 radical (unpaired) electrons. The Kier molecular flexibility index (Phi) is 39.5. The molecule has 0 aliphatic rings. The molecule has 4 aromatic carbocycles. The summed E-state index contributed by atoms with van der Waals surface area (Å²) < 4.78 is 27.8. The van der Waals surface area contributed by atoms with E-state index in [4.69, 9.17) is 14.2 Å². The Bertz CT molecular complexity index is 1660. The molecule has 0 aliphatic heterocycles. The molecule has 4 rings (SSSR count). The minimum atomic E-state index is -0.556. The van der Waals surface area contributed by atoms with E-state index in [9.17, 15) is 38.4 Å². The van der Waals surface area contributed by atoms with Crippen molar-refractivity contribution in [2.24, 2.45) is 0 Å².